The van der Waals surface area contributed by atoms with Crippen molar-refractivity contribution in [2.45, 2.75) is 12.6 Å². The number of fused-ring (bicyclic) bond motifs is 3. The summed E-state index contributed by atoms with van der Waals surface area (Å²) in [7, 11) is 0. The van der Waals surface area contributed by atoms with E-state index in [9.17, 15) is 13.6 Å². The highest BCUT2D eigenvalue weighted by molar-refractivity contribution is 6.34. The average molecular weight is 565 g/mol. The topological polar surface area (TPSA) is 96.5 Å². The van der Waals surface area contributed by atoms with Gasteiger partial charge in [-0.1, -0.05) is 35.3 Å². The molecule has 1 fully saturated rings. The van der Waals surface area contributed by atoms with E-state index in [1.54, 1.807) is 47.5 Å². The van der Waals surface area contributed by atoms with Gasteiger partial charge in [0.05, 0.1) is 34.1 Å². The van der Waals surface area contributed by atoms with E-state index in [1.807, 2.05) is 0 Å². The lowest BCUT2D eigenvalue weighted by Crippen LogP contribution is -2.57. The second-order valence-electron chi connectivity index (χ2n) is 9.31. The van der Waals surface area contributed by atoms with Crippen molar-refractivity contribution in [3.8, 4) is 11.3 Å². The van der Waals surface area contributed by atoms with Crippen LogP contribution in [0.3, 0.4) is 0 Å². The van der Waals surface area contributed by atoms with Crippen molar-refractivity contribution < 1.29 is 13.6 Å². The fourth-order valence-electron chi connectivity index (χ4n) is 4.67. The Morgan fingerprint density at radius 1 is 1.03 bits per heavy atom. The summed E-state index contributed by atoms with van der Waals surface area (Å²) in [5.74, 6) is -1.41. The smallest absolute Gasteiger partial charge is 0.255 e. The SMILES string of the molecule is NC1CN(C(=O)c2cc(Nc3ncc4c(n3)-c3ccc(Cl)cc3C(c3c(F)cccc3F)=NC4)ccc2Cl)C1. The number of aromatic nitrogens is 2. The van der Waals surface area contributed by atoms with Gasteiger partial charge in [0.15, 0.2) is 0 Å². The van der Waals surface area contributed by atoms with Crippen LogP contribution in [0.5, 0.6) is 0 Å². The standard InChI is InChI=1S/C28H20Cl2F2N6O/c29-15-4-6-18-19(8-15)26(24-22(31)2-1-3-23(24)32)34-10-14-11-35-28(37-25(14)18)36-17-5-7-21(30)20(9-17)27(39)38-12-16(33)13-38/h1-9,11,16H,10,12-13,33H2,(H,35,36,37). The third-order valence-electron chi connectivity index (χ3n) is 6.61. The molecule has 0 atom stereocenters. The summed E-state index contributed by atoms with van der Waals surface area (Å²) in [6.45, 7) is 1.05. The number of nitrogens with one attached hydrogen (secondary N) is 1. The number of benzene rings is 3. The molecule has 0 aliphatic carbocycles. The maximum atomic E-state index is 14.8. The highest BCUT2D eigenvalue weighted by Crippen LogP contribution is 2.35. The Labute approximate surface area is 232 Å². The van der Waals surface area contributed by atoms with Crippen LogP contribution < -0.4 is 11.1 Å². The van der Waals surface area contributed by atoms with Crippen LogP contribution in [0.25, 0.3) is 11.3 Å². The zero-order valence-corrected chi connectivity index (χ0v) is 21.8. The maximum Gasteiger partial charge on any atom is 0.255 e. The Bertz CT molecular complexity index is 1650. The molecule has 1 amide bonds. The Morgan fingerprint density at radius 3 is 2.54 bits per heavy atom. The minimum absolute atomic E-state index is 0.0286. The predicted molar refractivity (Wildman–Crippen MR) is 147 cm³/mol. The van der Waals surface area contributed by atoms with Crippen molar-refractivity contribution in [1.82, 2.24) is 14.9 Å². The van der Waals surface area contributed by atoms with Gasteiger partial charge in [0.1, 0.15) is 11.6 Å². The van der Waals surface area contributed by atoms with Crippen LogP contribution in [0, 0.1) is 11.6 Å². The number of aliphatic imine (C=N–C) groups is 1. The molecule has 3 N–H and O–H groups in total. The van der Waals surface area contributed by atoms with E-state index in [1.165, 1.54) is 18.2 Å². The Morgan fingerprint density at radius 2 is 1.79 bits per heavy atom. The minimum atomic E-state index is -0.729. The summed E-state index contributed by atoms with van der Waals surface area (Å²) in [4.78, 5) is 28.1. The Balaban J connectivity index is 1.37. The van der Waals surface area contributed by atoms with Gasteiger partial charge >= 0.3 is 0 Å². The monoisotopic (exact) mass is 564 g/mol. The molecule has 7 nitrogen and oxygen atoms in total. The van der Waals surface area contributed by atoms with Crippen LogP contribution in [-0.4, -0.2) is 45.6 Å². The van der Waals surface area contributed by atoms with Crippen LogP contribution in [-0.2, 0) is 6.54 Å². The normalized spacial score (nSPS) is 14.6. The van der Waals surface area contributed by atoms with Gasteiger partial charge in [0, 0.05) is 52.7 Å². The van der Waals surface area contributed by atoms with E-state index in [0.717, 1.165) is 0 Å². The number of hydrogen-bond donors (Lipinski definition) is 2. The molecule has 196 valence electrons. The van der Waals surface area contributed by atoms with E-state index < -0.39 is 11.6 Å². The fourth-order valence-corrected chi connectivity index (χ4v) is 5.04. The van der Waals surface area contributed by atoms with Crippen molar-refractivity contribution >= 4 is 46.5 Å². The molecule has 4 aromatic rings. The molecule has 3 aromatic carbocycles. The van der Waals surface area contributed by atoms with Crippen LogP contribution in [0.4, 0.5) is 20.4 Å². The number of anilines is 2. The van der Waals surface area contributed by atoms with Crippen molar-refractivity contribution in [1.29, 1.82) is 0 Å². The molecule has 39 heavy (non-hydrogen) atoms. The number of rotatable bonds is 4. The van der Waals surface area contributed by atoms with Crippen LogP contribution in [0.15, 0.2) is 65.8 Å². The minimum Gasteiger partial charge on any atom is -0.335 e. The molecule has 6 rings (SSSR count). The van der Waals surface area contributed by atoms with Gasteiger partial charge in [0.2, 0.25) is 5.95 Å². The largest absolute Gasteiger partial charge is 0.335 e. The number of nitrogens with two attached hydrogens (primary N) is 1. The molecule has 2 aliphatic heterocycles. The van der Waals surface area contributed by atoms with E-state index in [0.29, 0.717) is 56.8 Å². The number of carbonyl (C=O) groups excluding carboxylic acids is 1. The molecular weight excluding hydrogens is 545 g/mol. The highest BCUT2D eigenvalue weighted by Gasteiger charge is 2.30. The van der Waals surface area contributed by atoms with Gasteiger partial charge in [-0.25, -0.2) is 18.7 Å². The lowest BCUT2D eigenvalue weighted by molar-refractivity contribution is 0.0608. The Kier molecular flexibility index (Phi) is 6.50. The van der Waals surface area contributed by atoms with Gasteiger partial charge in [-0.15, -0.1) is 0 Å². The molecular formula is C28H20Cl2F2N6O. The molecule has 1 aromatic heterocycles. The van der Waals surface area contributed by atoms with E-state index in [2.05, 4.69) is 15.3 Å². The molecule has 2 aliphatic rings. The second kappa shape index (κ2) is 10.00. The zero-order valence-electron chi connectivity index (χ0n) is 20.3. The molecule has 1 saturated heterocycles. The number of carbonyl (C=O) groups is 1. The quantitative estimate of drug-likeness (QED) is 0.336. The van der Waals surface area contributed by atoms with E-state index in [-0.39, 0.29) is 35.7 Å². The van der Waals surface area contributed by atoms with Gasteiger partial charge in [-0.2, -0.15) is 0 Å². The lowest BCUT2D eigenvalue weighted by atomic mass is 9.95. The molecule has 0 unspecified atom stereocenters. The van der Waals surface area contributed by atoms with Gasteiger partial charge in [-0.3, -0.25) is 9.79 Å². The summed E-state index contributed by atoms with van der Waals surface area (Å²) < 4.78 is 29.6. The third kappa shape index (κ3) is 4.73. The van der Waals surface area contributed by atoms with Crippen LogP contribution >= 0.6 is 23.2 Å². The number of halogens is 4. The third-order valence-corrected chi connectivity index (χ3v) is 7.18. The first kappa shape index (κ1) is 25.4. The van der Waals surface area contributed by atoms with Gasteiger partial charge in [-0.05, 0) is 42.5 Å². The summed E-state index contributed by atoms with van der Waals surface area (Å²) in [5, 5.41) is 3.83. The van der Waals surface area contributed by atoms with Crippen molar-refractivity contribution in [2.24, 2.45) is 10.7 Å². The second-order valence-corrected chi connectivity index (χ2v) is 10.2. The number of likely N-dealkylation sites (tertiary alicyclic amines) is 1. The molecule has 0 radical (unpaired) electrons. The predicted octanol–water partition coefficient (Wildman–Crippen LogP) is 5.61. The van der Waals surface area contributed by atoms with E-state index >= 15 is 0 Å². The summed E-state index contributed by atoms with van der Waals surface area (Å²) >= 11 is 12.6. The number of hydrogen-bond acceptors (Lipinski definition) is 6. The summed E-state index contributed by atoms with van der Waals surface area (Å²) in [6, 6.07) is 13.7. The summed E-state index contributed by atoms with van der Waals surface area (Å²) in [6.07, 6.45) is 1.61. The molecule has 11 heteroatoms. The lowest BCUT2D eigenvalue weighted by Gasteiger charge is -2.37. The summed E-state index contributed by atoms with van der Waals surface area (Å²) in [5.41, 5.74) is 8.86. The van der Waals surface area contributed by atoms with Crippen LogP contribution in [0.2, 0.25) is 10.0 Å². The Hall–Kier alpha value is -3.92. The first-order valence-corrected chi connectivity index (χ1v) is 12.8. The first-order valence-electron chi connectivity index (χ1n) is 12.0. The van der Waals surface area contributed by atoms with Gasteiger partial charge in [0.25, 0.3) is 5.91 Å². The first-order chi connectivity index (χ1) is 18.8. The average Bonchev–Trinajstić information content (AvgIpc) is 3.04. The molecule has 0 saturated carbocycles. The number of amides is 1. The maximum absolute atomic E-state index is 14.8. The van der Waals surface area contributed by atoms with Crippen molar-refractivity contribution in [3.05, 3.63) is 105 Å². The molecule has 3 heterocycles. The zero-order chi connectivity index (χ0) is 27.3. The highest BCUT2D eigenvalue weighted by atomic mass is 35.5. The molecule has 0 bridgehead atoms. The number of nitrogens with zero attached hydrogens (tertiary/aromatic N) is 4. The van der Waals surface area contributed by atoms with Crippen molar-refractivity contribution in [3.63, 3.8) is 0 Å². The van der Waals surface area contributed by atoms with E-state index in [4.69, 9.17) is 33.9 Å². The van der Waals surface area contributed by atoms with Crippen molar-refractivity contribution in [2.75, 3.05) is 18.4 Å². The molecule has 0 spiro atoms. The fraction of sp³-hybridized carbons (Fsp3) is 0.143. The van der Waals surface area contributed by atoms with Gasteiger partial charge < -0.3 is 16.0 Å². The van der Waals surface area contributed by atoms with Crippen LogP contribution in [0.1, 0.15) is 27.0 Å².